The van der Waals surface area contributed by atoms with Crippen LogP contribution >= 0.6 is 0 Å². The molecule has 0 unspecified atom stereocenters. The number of alkyl halides is 3. The van der Waals surface area contributed by atoms with E-state index in [2.05, 4.69) is 16.9 Å². The summed E-state index contributed by atoms with van der Waals surface area (Å²) >= 11 is 0. The molecular weight excluding hydrogens is 689 g/mol. The smallest absolute Gasteiger partial charge is 0.337 e. The Morgan fingerprint density at radius 3 is 2.32 bits per heavy atom. The second-order valence-corrected chi connectivity index (χ2v) is 13.0. The second kappa shape index (κ2) is 16.4. The van der Waals surface area contributed by atoms with Crippen LogP contribution in [0.5, 0.6) is 0 Å². The summed E-state index contributed by atoms with van der Waals surface area (Å²) in [5.41, 5.74) is 2.99. The van der Waals surface area contributed by atoms with Gasteiger partial charge in [0.05, 0.1) is 23.0 Å². The van der Waals surface area contributed by atoms with Crippen molar-refractivity contribution in [2.45, 2.75) is 64.8 Å². The molecule has 6 rings (SSSR count). The van der Waals surface area contributed by atoms with Gasteiger partial charge in [0.2, 0.25) is 5.91 Å². The van der Waals surface area contributed by atoms with Gasteiger partial charge in [-0.3, -0.25) is 9.59 Å². The van der Waals surface area contributed by atoms with E-state index in [0.29, 0.717) is 41.7 Å². The van der Waals surface area contributed by atoms with Crippen LogP contribution in [0.4, 0.5) is 22.0 Å². The third-order valence-electron chi connectivity index (χ3n) is 9.18. The molecule has 0 fully saturated rings. The molecule has 274 valence electrons. The highest BCUT2D eigenvalue weighted by Crippen LogP contribution is 2.31. The Hall–Kier alpha value is -5.65. The van der Waals surface area contributed by atoms with Crippen LogP contribution in [0.1, 0.15) is 47.8 Å². The minimum Gasteiger partial charge on any atom is -0.337 e. The van der Waals surface area contributed by atoms with E-state index in [1.165, 1.54) is 36.5 Å². The van der Waals surface area contributed by atoms with E-state index in [1.54, 1.807) is 27.9 Å². The molecule has 0 saturated carbocycles. The number of carbonyl (C=O) groups excluding carboxylic acids is 1. The number of hydrogen-bond acceptors (Lipinski definition) is 4. The summed E-state index contributed by atoms with van der Waals surface area (Å²) in [4.78, 5) is 38.1. The fourth-order valence-electron chi connectivity index (χ4n) is 6.40. The number of pyridine rings is 2. The number of imidazole rings is 1. The molecule has 0 radical (unpaired) electrons. The van der Waals surface area contributed by atoms with Crippen molar-refractivity contribution in [1.82, 2.24) is 24.0 Å². The van der Waals surface area contributed by atoms with Crippen LogP contribution in [0, 0.1) is 11.6 Å². The molecule has 3 aromatic heterocycles. The van der Waals surface area contributed by atoms with Crippen LogP contribution in [-0.4, -0.2) is 36.5 Å². The molecule has 0 aliphatic carbocycles. The molecule has 0 saturated heterocycles. The Labute approximate surface area is 303 Å². The molecule has 3 aromatic carbocycles. The van der Waals surface area contributed by atoms with Gasteiger partial charge < -0.3 is 14.0 Å². The lowest BCUT2D eigenvalue weighted by molar-refractivity contribution is -0.137. The number of hydrogen-bond donors (Lipinski definition) is 0. The van der Waals surface area contributed by atoms with Crippen LogP contribution in [-0.2, 0) is 49.9 Å². The highest BCUT2D eigenvalue weighted by molar-refractivity contribution is 5.80. The van der Waals surface area contributed by atoms with Crippen LogP contribution < -0.4 is 5.43 Å². The van der Waals surface area contributed by atoms with Gasteiger partial charge in [-0.1, -0.05) is 55.5 Å². The topological polar surface area (TPSA) is 73.0 Å². The van der Waals surface area contributed by atoms with Gasteiger partial charge in [0, 0.05) is 43.8 Å². The molecule has 53 heavy (non-hydrogen) atoms. The molecule has 0 N–H and O–H groups in total. The van der Waals surface area contributed by atoms with Gasteiger partial charge in [-0.05, 0) is 84.7 Å². The first-order valence-corrected chi connectivity index (χ1v) is 17.5. The number of aromatic nitrogens is 4. The third-order valence-corrected chi connectivity index (χ3v) is 9.18. The summed E-state index contributed by atoms with van der Waals surface area (Å²) in [7, 11) is 0. The SMILES string of the molecule is CCCn1cnc(CCCN(Cc2ccc(-c3ccc(C(F)(F)F)cc3)cc2)C(=O)Cn2c(CCc3cccc(F)c3F)cc(=O)c3cccnc32)c1. The summed E-state index contributed by atoms with van der Waals surface area (Å²) in [6.07, 6.45) is 3.39. The number of aryl methyl sites for hydroxylation is 4. The first-order valence-electron chi connectivity index (χ1n) is 17.5. The molecule has 0 atom stereocenters. The summed E-state index contributed by atoms with van der Waals surface area (Å²) in [6.45, 7) is 3.41. The third kappa shape index (κ3) is 9.05. The molecule has 6 aromatic rings. The molecule has 0 bridgehead atoms. The molecular formula is C41H38F5N5O2. The van der Waals surface area contributed by atoms with E-state index in [9.17, 15) is 31.5 Å². The minimum absolute atomic E-state index is 0.0925. The number of halogens is 5. The quantitative estimate of drug-likeness (QED) is 0.106. The Morgan fingerprint density at radius 1 is 0.868 bits per heavy atom. The largest absolute Gasteiger partial charge is 0.416 e. The number of amides is 1. The molecule has 3 heterocycles. The van der Waals surface area contributed by atoms with E-state index in [0.717, 1.165) is 48.0 Å². The number of carbonyl (C=O) groups is 1. The van der Waals surface area contributed by atoms with E-state index in [4.69, 9.17) is 0 Å². The summed E-state index contributed by atoms with van der Waals surface area (Å²) in [6, 6.07) is 20.9. The predicted molar refractivity (Wildman–Crippen MR) is 193 cm³/mol. The number of nitrogens with zero attached hydrogens (tertiary/aromatic N) is 5. The van der Waals surface area contributed by atoms with Gasteiger partial charge >= 0.3 is 6.18 Å². The average Bonchev–Trinajstić information content (AvgIpc) is 3.60. The van der Waals surface area contributed by atoms with Gasteiger partial charge in [-0.2, -0.15) is 13.2 Å². The molecule has 1 amide bonds. The van der Waals surface area contributed by atoms with E-state index in [-0.39, 0.29) is 42.8 Å². The molecule has 0 spiro atoms. The standard InChI is InChI=1S/C41H38F5N5O2/c1-2-21-49-25-33(48-27-49)7-5-22-50(24-28-10-12-29(13-11-28)30-14-17-32(18-15-30)41(44,45)46)38(53)26-51-34(19-16-31-6-3-9-36(42)39(31)43)23-37(52)35-8-4-20-47-40(35)51/h3-4,6,8-15,17-18,20,23,25,27H,2,5,7,16,19,21-22,24,26H2,1H3. The van der Waals surface area contributed by atoms with Gasteiger partial charge in [-0.25, -0.2) is 18.7 Å². The zero-order valence-corrected chi connectivity index (χ0v) is 29.1. The normalized spacial score (nSPS) is 11.7. The van der Waals surface area contributed by atoms with Crippen LogP contribution in [0.25, 0.3) is 22.2 Å². The molecule has 0 aliphatic rings. The highest BCUT2D eigenvalue weighted by Gasteiger charge is 2.30. The lowest BCUT2D eigenvalue weighted by Crippen LogP contribution is -2.35. The average molecular weight is 728 g/mol. The number of rotatable bonds is 14. The zero-order chi connectivity index (χ0) is 37.5. The lowest BCUT2D eigenvalue weighted by Gasteiger charge is -2.25. The monoisotopic (exact) mass is 727 g/mol. The van der Waals surface area contributed by atoms with Crippen molar-refractivity contribution in [3.8, 4) is 11.1 Å². The van der Waals surface area contributed by atoms with Crippen molar-refractivity contribution < 1.29 is 26.7 Å². The highest BCUT2D eigenvalue weighted by atomic mass is 19.4. The van der Waals surface area contributed by atoms with Crippen molar-refractivity contribution >= 4 is 16.9 Å². The van der Waals surface area contributed by atoms with Gasteiger partial charge in [-0.15, -0.1) is 0 Å². The molecule has 7 nitrogen and oxygen atoms in total. The second-order valence-electron chi connectivity index (χ2n) is 13.0. The van der Waals surface area contributed by atoms with Gasteiger partial charge in [0.25, 0.3) is 0 Å². The van der Waals surface area contributed by atoms with E-state index >= 15 is 0 Å². The van der Waals surface area contributed by atoms with E-state index < -0.39 is 23.4 Å². The maximum atomic E-state index is 14.6. The molecule has 12 heteroatoms. The van der Waals surface area contributed by atoms with Crippen molar-refractivity contribution in [2.24, 2.45) is 0 Å². The van der Waals surface area contributed by atoms with Crippen molar-refractivity contribution in [3.05, 3.63) is 154 Å². The fraction of sp³-hybridized carbons (Fsp3) is 0.268. The van der Waals surface area contributed by atoms with Crippen molar-refractivity contribution in [3.63, 3.8) is 0 Å². The summed E-state index contributed by atoms with van der Waals surface area (Å²) in [5, 5.41) is 0.328. The first kappa shape index (κ1) is 37.1. The Bertz CT molecular complexity index is 2250. The fourth-order valence-corrected chi connectivity index (χ4v) is 6.40. The zero-order valence-electron chi connectivity index (χ0n) is 29.1. The summed E-state index contributed by atoms with van der Waals surface area (Å²) < 4.78 is 71.5. The maximum absolute atomic E-state index is 14.6. The Balaban J connectivity index is 1.26. The van der Waals surface area contributed by atoms with Crippen LogP contribution in [0.3, 0.4) is 0 Å². The lowest BCUT2D eigenvalue weighted by atomic mass is 10.0. The summed E-state index contributed by atoms with van der Waals surface area (Å²) in [5.74, 6) is -2.16. The first-order chi connectivity index (χ1) is 25.5. The minimum atomic E-state index is -4.43. The van der Waals surface area contributed by atoms with Crippen molar-refractivity contribution in [2.75, 3.05) is 6.54 Å². The maximum Gasteiger partial charge on any atom is 0.416 e. The van der Waals surface area contributed by atoms with Crippen molar-refractivity contribution in [1.29, 1.82) is 0 Å². The molecule has 0 aliphatic heterocycles. The predicted octanol–water partition coefficient (Wildman–Crippen LogP) is 8.41. The Kier molecular flexibility index (Phi) is 11.5. The van der Waals surface area contributed by atoms with Crippen LogP contribution in [0.15, 0.2) is 108 Å². The number of fused-ring (bicyclic) bond motifs is 1. The van der Waals surface area contributed by atoms with Gasteiger partial charge in [0.15, 0.2) is 17.1 Å². The van der Waals surface area contributed by atoms with Gasteiger partial charge in [0.1, 0.15) is 12.2 Å². The van der Waals surface area contributed by atoms with E-state index in [1.807, 2.05) is 35.0 Å². The van der Waals surface area contributed by atoms with Crippen LogP contribution in [0.2, 0.25) is 0 Å². The Morgan fingerprint density at radius 2 is 1.60 bits per heavy atom. The number of benzene rings is 3.